The smallest absolute Gasteiger partial charge is 0.167 e. The standard InChI is InChI=1S/C45H29N3O/c1-4-13-30(14-5-1)32-23-25-34(26-24-32)43-46-44(48-45(47-43)39-21-12-20-37-36-19-10-11-22-41(36)49-42(37)39)38-28-27-35(31-15-6-2-7-16-31)29-40(38)33-17-8-3-9-18-33/h1-29H. The maximum Gasteiger partial charge on any atom is 0.167 e. The van der Waals surface area contributed by atoms with Crippen LogP contribution in [0.4, 0.5) is 0 Å². The highest BCUT2D eigenvalue weighted by atomic mass is 16.3. The summed E-state index contributed by atoms with van der Waals surface area (Å²) in [4.78, 5) is 15.5. The summed E-state index contributed by atoms with van der Waals surface area (Å²) < 4.78 is 6.45. The molecule has 2 heterocycles. The van der Waals surface area contributed by atoms with E-state index in [4.69, 9.17) is 19.4 Å². The van der Waals surface area contributed by atoms with Gasteiger partial charge in [-0.3, -0.25) is 0 Å². The maximum atomic E-state index is 6.45. The second kappa shape index (κ2) is 12.2. The summed E-state index contributed by atoms with van der Waals surface area (Å²) in [6.45, 7) is 0. The molecule has 2 aromatic heterocycles. The minimum Gasteiger partial charge on any atom is -0.455 e. The van der Waals surface area contributed by atoms with Crippen molar-refractivity contribution in [3.8, 4) is 67.5 Å². The van der Waals surface area contributed by atoms with Gasteiger partial charge in [-0.1, -0.05) is 152 Å². The van der Waals surface area contributed by atoms with E-state index in [9.17, 15) is 0 Å². The fraction of sp³-hybridized carbons (Fsp3) is 0. The van der Waals surface area contributed by atoms with Crippen LogP contribution in [0.2, 0.25) is 0 Å². The Hall–Kier alpha value is -6.65. The molecule has 9 rings (SSSR count). The first kappa shape index (κ1) is 28.6. The Morgan fingerprint density at radius 2 is 0.816 bits per heavy atom. The van der Waals surface area contributed by atoms with Crippen LogP contribution in [-0.4, -0.2) is 15.0 Å². The van der Waals surface area contributed by atoms with E-state index in [1.54, 1.807) is 0 Å². The Kier molecular flexibility index (Phi) is 7.10. The quantitative estimate of drug-likeness (QED) is 0.184. The fourth-order valence-corrected chi connectivity index (χ4v) is 6.52. The zero-order chi connectivity index (χ0) is 32.6. The normalized spacial score (nSPS) is 11.3. The predicted molar refractivity (Wildman–Crippen MR) is 200 cm³/mol. The average molecular weight is 628 g/mol. The van der Waals surface area contributed by atoms with E-state index in [0.717, 1.165) is 72.0 Å². The van der Waals surface area contributed by atoms with Crippen LogP contribution in [0.25, 0.3) is 89.5 Å². The Labute approximate surface area is 284 Å². The van der Waals surface area contributed by atoms with Crippen molar-refractivity contribution >= 4 is 21.9 Å². The fourth-order valence-electron chi connectivity index (χ4n) is 6.52. The summed E-state index contributed by atoms with van der Waals surface area (Å²) in [6.07, 6.45) is 0. The molecule has 0 fully saturated rings. The molecule has 0 aliphatic carbocycles. The summed E-state index contributed by atoms with van der Waals surface area (Å²) in [7, 11) is 0. The van der Waals surface area contributed by atoms with Gasteiger partial charge in [0.05, 0.1) is 5.56 Å². The van der Waals surface area contributed by atoms with Crippen molar-refractivity contribution in [2.75, 3.05) is 0 Å². The number of para-hydroxylation sites is 2. The zero-order valence-electron chi connectivity index (χ0n) is 26.5. The summed E-state index contributed by atoms with van der Waals surface area (Å²) in [5, 5.41) is 2.09. The molecule has 4 nitrogen and oxygen atoms in total. The lowest BCUT2D eigenvalue weighted by Crippen LogP contribution is -2.01. The predicted octanol–water partition coefficient (Wildman–Crippen LogP) is 11.8. The van der Waals surface area contributed by atoms with Crippen LogP contribution in [0, 0.1) is 0 Å². The molecule has 0 amide bonds. The molecule has 0 N–H and O–H groups in total. The molecule has 0 unspecified atom stereocenters. The van der Waals surface area contributed by atoms with E-state index in [2.05, 4.69) is 127 Å². The van der Waals surface area contributed by atoms with Gasteiger partial charge in [-0.15, -0.1) is 0 Å². The third-order valence-corrected chi connectivity index (χ3v) is 8.98. The molecular formula is C45H29N3O. The van der Waals surface area contributed by atoms with Crippen LogP contribution >= 0.6 is 0 Å². The van der Waals surface area contributed by atoms with Gasteiger partial charge in [0.15, 0.2) is 17.5 Å². The minimum absolute atomic E-state index is 0.558. The molecule has 9 aromatic rings. The monoisotopic (exact) mass is 627 g/mol. The lowest BCUT2D eigenvalue weighted by molar-refractivity contribution is 0.669. The average Bonchev–Trinajstić information content (AvgIpc) is 3.58. The van der Waals surface area contributed by atoms with Gasteiger partial charge < -0.3 is 4.42 Å². The molecule has 0 spiro atoms. The van der Waals surface area contributed by atoms with Crippen molar-refractivity contribution in [1.29, 1.82) is 0 Å². The molecule has 0 radical (unpaired) electrons. The second-order valence-corrected chi connectivity index (χ2v) is 12.0. The number of rotatable bonds is 6. The van der Waals surface area contributed by atoms with Crippen molar-refractivity contribution in [2.24, 2.45) is 0 Å². The molecule has 49 heavy (non-hydrogen) atoms. The number of furan rings is 1. The van der Waals surface area contributed by atoms with Crippen molar-refractivity contribution in [1.82, 2.24) is 15.0 Å². The van der Waals surface area contributed by atoms with Gasteiger partial charge in [-0.05, 0) is 57.6 Å². The van der Waals surface area contributed by atoms with Gasteiger partial charge in [-0.25, -0.2) is 15.0 Å². The highest BCUT2D eigenvalue weighted by Gasteiger charge is 2.20. The number of hydrogen-bond donors (Lipinski definition) is 0. The number of aromatic nitrogens is 3. The molecule has 0 bridgehead atoms. The van der Waals surface area contributed by atoms with E-state index < -0.39 is 0 Å². The molecular weight excluding hydrogens is 599 g/mol. The largest absolute Gasteiger partial charge is 0.455 e. The number of fused-ring (bicyclic) bond motifs is 3. The Morgan fingerprint density at radius 3 is 1.53 bits per heavy atom. The maximum absolute atomic E-state index is 6.45. The molecule has 0 saturated carbocycles. The number of nitrogens with zero attached hydrogens (tertiary/aromatic N) is 3. The van der Waals surface area contributed by atoms with Gasteiger partial charge in [-0.2, -0.15) is 0 Å². The van der Waals surface area contributed by atoms with Crippen LogP contribution in [0.1, 0.15) is 0 Å². The SMILES string of the molecule is c1ccc(-c2ccc(-c3nc(-c4ccc(-c5ccccc5)cc4-c4ccccc4)nc(-c4cccc5c4oc4ccccc45)n3)cc2)cc1. The Morgan fingerprint density at radius 1 is 0.306 bits per heavy atom. The summed E-state index contributed by atoms with van der Waals surface area (Å²) in [5.41, 5.74) is 10.9. The van der Waals surface area contributed by atoms with E-state index in [1.807, 2.05) is 48.5 Å². The highest BCUT2D eigenvalue weighted by molar-refractivity contribution is 6.09. The lowest BCUT2D eigenvalue weighted by atomic mass is 9.94. The van der Waals surface area contributed by atoms with E-state index in [1.165, 1.54) is 0 Å². The summed E-state index contributed by atoms with van der Waals surface area (Å²) >= 11 is 0. The van der Waals surface area contributed by atoms with Gasteiger partial charge in [0.1, 0.15) is 11.2 Å². The molecule has 0 aliphatic rings. The first-order valence-electron chi connectivity index (χ1n) is 16.4. The third kappa shape index (κ3) is 5.35. The van der Waals surface area contributed by atoms with Crippen LogP contribution in [0.15, 0.2) is 180 Å². The summed E-state index contributed by atoms with van der Waals surface area (Å²) in [6, 6.07) is 60.5. The first-order chi connectivity index (χ1) is 24.3. The summed E-state index contributed by atoms with van der Waals surface area (Å²) in [5.74, 6) is 1.75. The highest BCUT2D eigenvalue weighted by Crippen LogP contribution is 2.38. The molecule has 4 heteroatoms. The van der Waals surface area contributed by atoms with Gasteiger partial charge in [0.2, 0.25) is 0 Å². The number of benzene rings is 7. The molecule has 230 valence electrons. The van der Waals surface area contributed by atoms with E-state index in [-0.39, 0.29) is 0 Å². The molecule has 0 aliphatic heterocycles. The molecule has 7 aromatic carbocycles. The van der Waals surface area contributed by atoms with Crippen LogP contribution in [-0.2, 0) is 0 Å². The van der Waals surface area contributed by atoms with E-state index in [0.29, 0.717) is 17.5 Å². The van der Waals surface area contributed by atoms with Crippen molar-refractivity contribution in [3.05, 3.63) is 176 Å². The van der Waals surface area contributed by atoms with Gasteiger partial charge in [0.25, 0.3) is 0 Å². The molecule has 0 saturated heterocycles. The van der Waals surface area contributed by atoms with Crippen LogP contribution in [0.3, 0.4) is 0 Å². The third-order valence-electron chi connectivity index (χ3n) is 8.98. The van der Waals surface area contributed by atoms with Crippen molar-refractivity contribution < 1.29 is 4.42 Å². The molecule has 0 atom stereocenters. The first-order valence-corrected chi connectivity index (χ1v) is 16.4. The van der Waals surface area contributed by atoms with Crippen LogP contribution in [0.5, 0.6) is 0 Å². The zero-order valence-corrected chi connectivity index (χ0v) is 26.5. The van der Waals surface area contributed by atoms with Crippen molar-refractivity contribution in [3.63, 3.8) is 0 Å². The number of hydrogen-bond acceptors (Lipinski definition) is 4. The topological polar surface area (TPSA) is 51.8 Å². The lowest BCUT2D eigenvalue weighted by Gasteiger charge is -2.14. The Bertz CT molecular complexity index is 2580. The van der Waals surface area contributed by atoms with Crippen molar-refractivity contribution in [2.45, 2.75) is 0 Å². The minimum atomic E-state index is 0.558. The van der Waals surface area contributed by atoms with Crippen LogP contribution < -0.4 is 0 Å². The Balaban J connectivity index is 1.27. The van der Waals surface area contributed by atoms with Gasteiger partial charge in [0, 0.05) is 21.9 Å². The van der Waals surface area contributed by atoms with E-state index >= 15 is 0 Å². The van der Waals surface area contributed by atoms with Gasteiger partial charge >= 0.3 is 0 Å². The second-order valence-electron chi connectivity index (χ2n) is 12.0.